The minimum Gasteiger partial charge on any atom is -0.465 e. The number of hydrogen-bond acceptors (Lipinski definition) is 3. The van der Waals surface area contributed by atoms with Crippen molar-refractivity contribution in [3.05, 3.63) is 71.3 Å². The molecule has 0 unspecified atom stereocenters. The average molecular weight is 406 g/mol. The van der Waals surface area contributed by atoms with Gasteiger partial charge in [0.05, 0.1) is 18.7 Å². The Morgan fingerprint density at radius 1 is 0.967 bits per heavy atom. The fourth-order valence-electron chi connectivity index (χ4n) is 5.35. The Labute approximate surface area is 179 Å². The topological polar surface area (TPSA) is 55.4 Å². The molecule has 4 rings (SSSR count). The van der Waals surface area contributed by atoms with Crippen LogP contribution in [0.3, 0.4) is 0 Å². The Morgan fingerprint density at radius 3 is 2.27 bits per heavy atom. The minimum atomic E-state index is -0.343. The highest BCUT2D eigenvalue weighted by Crippen LogP contribution is 2.65. The Kier molecular flexibility index (Phi) is 5.94. The van der Waals surface area contributed by atoms with Gasteiger partial charge in [-0.15, -0.1) is 0 Å². The molecule has 2 aliphatic rings. The number of nitrogens with one attached hydrogen (secondary N) is 1. The zero-order chi connectivity index (χ0) is 21.1. The zero-order valence-corrected chi connectivity index (χ0v) is 17.9. The molecule has 0 aliphatic heterocycles. The van der Waals surface area contributed by atoms with Crippen LogP contribution in [0.1, 0.15) is 77.8 Å². The molecular weight excluding hydrogens is 374 g/mol. The summed E-state index contributed by atoms with van der Waals surface area (Å²) < 4.78 is 4.83. The van der Waals surface area contributed by atoms with Crippen molar-refractivity contribution in [2.24, 2.45) is 17.3 Å². The quantitative estimate of drug-likeness (QED) is 0.641. The van der Waals surface area contributed by atoms with Gasteiger partial charge in [-0.25, -0.2) is 4.79 Å². The lowest BCUT2D eigenvalue weighted by atomic mass is 9.79. The van der Waals surface area contributed by atoms with E-state index in [-0.39, 0.29) is 23.3 Å². The first-order valence-electron chi connectivity index (χ1n) is 11.1. The number of carbonyl (C=O) groups excluding carboxylic acids is 2. The maximum absolute atomic E-state index is 13.0. The highest BCUT2D eigenvalue weighted by molar-refractivity contribution is 5.94. The number of hydrogen-bond donors (Lipinski definition) is 1. The molecule has 2 aliphatic carbocycles. The zero-order valence-electron chi connectivity index (χ0n) is 17.9. The predicted molar refractivity (Wildman–Crippen MR) is 117 cm³/mol. The molecule has 0 spiro atoms. The summed E-state index contributed by atoms with van der Waals surface area (Å²) in [6.45, 7) is 2.32. The molecule has 2 fully saturated rings. The van der Waals surface area contributed by atoms with Crippen LogP contribution in [0.5, 0.6) is 0 Å². The van der Waals surface area contributed by atoms with Crippen molar-refractivity contribution in [1.29, 1.82) is 0 Å². The number of carbonyl (C=O) groups is 2. The molecule has 0 saturated heterocycles. The lowest BCUT2D eigenvalue weighted by Gasteiger charge is -2.30. The number of benzene rings is 2. The van der Waals surface area contributed by atoms with Crippen molar-refractivity contribution in [2.75, 3.05) is 7.11 Å². The SMILES string of the molecule is COC(=O)c1ccc([C@H](NC(=O)c2ccccc2)[C@]2(C)C[C@H]2C2CCCCC2)cc1. The lowest BCUT2D eigenvalue weighted by molar-refractivity contribution is 0.0600. The van der Waals surface area contributed by atoms with E-state index in [4.69, 9.17) is 4.74 Å². The van der Waals surface area contributed by atoms with Crippen molar-refractivity contribution in [2.45, 2.75) is 51.5 Å². The second kappa shape index (κ2) is 8.63. The Morgan fingerprint density at radius 2 is 1.63 bits per heavy atom. The molecule has 4 nitrogen and oxygen atoms in total. The van der Waals surface area contributed by atoms with Crippen molar-refractivity contribution in [3.8, 4) is 0 Å². The Balaban J connectivity index is 1.60. The maximum Gasteiger partial charge on any atom is 0.337 e. The summed E-state index contributed by atoms with van der Waals surface area (Å²) in [5, 5.41) is 3.33. The van der Waals surface area contributed by atoms with Gasteiger partial charge in [0.1, 0.15) is 0 Å². The van der Waals surface area contributed by atoms with E-state index in [1.54, 1.807) is 12.1 Å². The van der Waals surface area contributed by atoms with Crippen LogP contribution in [-0.4, -0.2) is 19.0 Å². The fraction of sp³-hybridized carbons (Fsp3) is 0.462. The van der Waals surface area contributed by atoms with Gasteiger partial charge in [-0.3, -0.25) is 4.79 Å². The molecule has 158 valence electrons. The summed E-state index contributed by atoms with van der Waals surface area (Å²) in [7, 11) is 1.39. The van der Waals surface area contributed by atoms with Crippen LogP contribution in [0.2, 0.25) is 0 Å². The highest BCUT2D eigenvalue weighted by Gasteiger charge is 2.58. The Hall–Kier alpha value is -2.62. The number of methoxy groups -OCH3 is 1. The first-order valence-corrected chi connectivity index (χ1v) is 11.1. The molecule has 0 radical (unpaired) electrons. The first-order chi connectivity index (χ1) is 14.5. The van der Waals surface area contributed by atoms with Gasteiger partial charge in [0, 0.05) is 5.56 Å². The molecule has 1 N–H and O–H groups in total. The van der Waals surface area contributed by atoms with E-state index in [0.29, 0.717) is 17.0 Å². The third-order valence-corrected chi connectivity index (χ3v) is 7.20. The Bertz CT molecular complexity index is 886. The van der Waals surface area contributed by atoms with E-state index in [1.165, 1.54) is 39.2 Å². The molecule has 2 aromatic carbocycles. The van der Waals surface area contributed by atoms with Crippen LogP contribution >= 0.6 is 0 Å². The molecule has 0 aromatic heterocycles. The summed E-state index contributed by atoms with van der Waals surface area (Å²) in [6, 6.07) is 16.8. The molecule has 3 atom stereocenters. The third-order valence-electron chi connectivity index (χ3n) is 7.20. The minimum absolute atomic E-state index is 0.0409. The molecule has 30 heavy (non-hydrogen) atoms. The second-order valence-electron chi connectivity index (χ2n) is 9.10. The van der Waals surface area contributed by atoms with Crippen LogP contribution in [0.15, 0.2) is 54.6 Å². The van der Waals surface area contributed by atoms with Crippen molar-refractivity contribution in [3.63, 3.8) is 0 Å². The van der Waals surface area contributed by atoms with E-state index in [0.717, 1.165) is 17.9 Å². The van der Waals surface area contributed by atoms with Crippen LogP contribution < -0.4 is 5.32 Å². The fourth-order valence-corrected chi connectivity index (χ4v) is 5.35. The summed E-state index contributed by atoms with van der Waals surface area (Å²) in [4.78, 5) is 24.9. The van der Waals surface area contributed by atoms with E-state index in [2.05, 4.69) is 12.2 Å². The average Bonchev–Trinajstić information content (AvgIpc) is 3.50. The van der Waals surface area contributed by atoms with Gasteiger partial charge in [0.15, 0.2) is 0 Å². The predicted octanol–water partition coefficient (Wildman–Crippen LogP) is 5.55. The van der Waals surface area contributed by atoms with Crippen molar-refractivity contribution < 1.29 is 14.3 Å². The van der Waals surface area contributed by atoms with Gasteiger partial charge in [-0.2, -0.15) is 0 Å². The summed E-state index contributed by atoms with van der Waals surface area (Å²) in [5.74, 6) is 1.01. The van der Waals surface area contributed by atoms with Gasteiger partial charge in [0.25, 0.3) is 5.91 Å². The monoisotopic (exact) mass is 405 g/mol. The van der Waals surface area contributed by atoms with Crippen molar-refractivity contribution in [1.82, 2.24) is 5.32 Å². The normalized spacial score (nSPS) is 24.7. The first kappa shape index (κ1) is 20.6. The maximum atomic E-state index is 13.0. The van der Waals surface area contributed by atoms with Gasteiger partial charge in [0.2, 0.25) is 0 Å². The molecule has 0 heterocycles. The number of ether oxygens (including phenoxy) is 1. The van der Waals surface area contributed by atoms with Gasteiger partial charge >= 0.3 is 5.97 Å². The van der Waals surface area contributed by atoms with Crippen LogP contribution in [0.4, 0.5) is 0 Å². The highest BCUT2D eigenvalue weighted by atomic mass is 16.5. The van der Waals surface area contributed by atoms with Gasteiger partial charge < -0.3 is 10.1 Å². The standard InChI is InChI=1S/C26H31NO3/c1-26(17-22(26)18-9-5-3-6-10-18)23(27-24(28)20-11-7-4-8-12-20)19-13-15-21(16-14-19)25(29)30-2/h4,7-8,11-16,18,22-23H,3,5-6,9-10,17H2,1-2H3,(H,27,28)/t22-,23-,26+/m0/s1. The van der Waals surface area contributed by atoms with Gasteiger partial charge in [-0.1, -0.05) is 69.4 Å². The van der Waals surface area contributed by atoms with Gasteiger partial charge in [-0.05, 0) is 53.5 Å². The molecule has 4 heteroatoms. The van der Waals surface area contributed by atoms with Crippen LogP contribution in [-0.2, 0) is 4.74 Å². The smallest absolute Gasteiger partial charge is 0.337 e. The van der Waals surface area contributed by atoms with Crippen LogP contribution in [0.25, 0.3) is 0 Å². The largest absolute Gasteiger partial charge is 0.465 e. The number of amides is 1. The van der Waals surface area contributed by atoms with E-state index in [1.807, 2.05) is 42.5 Å². The molecule has 2 aromatic rings. The van der Waals surface area contributed by atoms with E-state index >= 15 is 0 Å². The molecule has 0 bridgehead atoms. The van der Waals surface area contributed by atoms with Crippen LogP contribution in [0, 0.1) is 17.3 Å². The summed E-state index contributed by atoms with van der Waals surface area (Å²) in [5.41, 5.74) is 2.29. The molecule has 2 saturated carbocycles. The third kappa shape index (κ3) is 4.14. The lowest BCUT2D eigenvalue weighted by Crippen LogP contribution is -2.35. The van der Waals surface area contributed by atoms with E-state index < -0.39 is 0 Å². The summed E-state index contributed by atoms with van der Waals surface area (Å²) >= 11 is 0. The van der Waals surface area contributed by atoms with Crippen molar-refractivity contribution >= 4 is 11.9 Å². The number of esters is 1. The van der Waals surface area contributed by atoms with E-state index in [9.17, 15) is 9.59 Å². The molecular formula is C26H31NO3. The molecule has 1 amide bonds. The summed E-state index contributed by atoms with van der Waals surface area (Å²) in [6.07, 6.45) is 7.75. The second-order valence-corrected chi connectivity index (χ2v) is 9.10. The number of rotatable bonds is 6.